The molecule has 1 aliphatic carbocycles. The second kappa shape index (κ2) is 3.09. The monoisotopic (exact) mass is 157 g/mol. The standard InChI is InChI=1S/C8H15NO2/c10-5-6-4-9-7-2-1-3-8(7)11-6/h6-10H,1-5H2/t6-,7-,8+/m0/s1. The minimum atomic E-state index is 0.0364. The molecule has 64 valence electrons. The van der Waals surface area contributed by atoms with Crippen molar-refractivity contribution < 1.29 is 9.84 Å². The third-order valence-electron chi connectivity index (χ3n) is 2.63. The lowest BCUT2D eigenvalue weighted by molar-refractivity contribution is -0.0720. The molecule has 0 aromatic rings. The Bertz CT molecular complexity index is 140. The molecular formula is C8H15NO2. The van der Waals surface area contributed by atoms with E-state index >= 15 is 0 Å². The Hall–Kier alpha value is -0.120. The van der Waals surface area contributed by atoms with Crippen LogP contribution in [0.15, 0.2) is 0 Å². The quantitative estimate of drug-likeness (QED) is 0.558. The second-order valence-corrected chi connectivity index (χ2v) is 3.42. The third-order valence-corrected chi connectivity index (χ3v) is 2.63. The van der Waals surface area contributed by atoms with Crippen LogP contribution in [0.5, 0.6) is 0 Å². The molecule has 2 N–H and O–H groups in total. The maximum Gasteiger partial charge on any atom is 0.0934 e. The Kier molecular flexibility index (Phi) is 2.11. The van der Waals surface area contributed by atoms with Crippen molar-refractivity contribution in [2.45, 2.75) is 37.5 Å². The molecule has 1 saturated heterocycles. The molecule has 0 amide bonds. The molecule has 1 heterocycles. The van der Waals surface area contributed by atoms with Gasteiger partial charge >= 0.3 is 0 Å². The third kappa shape index (κ3) is 1.41. The highest BCUT2D eigenvalue weighted by Crippen LogP contribution is 2.25. The summed E-state index contributed by atoms with van der Waals surface area (Å²) in [5.41, 5.74) is 0. The Morgan fingerprint density at radius 1 is 1.45 bits per heavy atom. The Labute approximate surface area is 66.7 Å². The maximum absolute atomic E-state index is 8.85. The zero-order chi connectivity index (χ0) is 7.68. The van der Waals surface area contributed by atoms with Gasteiger partial charge in [-0.3, -0.25) is 0 Å². The first-order valence-electron chi connectivity index (χ1n) is 4.40. The van der Waals surface area contributed by atoms with Crippen molar-refractivity contribution in [3.05, 3.63) is 0 Å². The lowest BCUT2D eigenvalue weighted by Crippen LogP contribution is -2.50. The fraction of sp³-hybridized carbons (Fsp3) is 1.00. The minimum Gasteiger partial charge on any atom is -0.394 e. The number of rotatable bonds is 1. The summed E-state index contributed by atoms with van der Waals surface area (Å²) in [5, 5.41) is 12.2. The topological polar surface area (TPSA) is 41.5 Å². The fourth-order valence-corrected chi connectivity index (χ4v) is 2.01. The van der Waals surface area contributed by atoms with Crippen LogP contribution in [-0.2, 0) is 4.74 Å². The van der Waals surface area contributed by atoms with Crippen molar-refractivity contribution in [2.24, 2.45) is 0 Å². The molecule has 11 heavy (non-hydrogen) atoms. The average Bonchev–Trinajstić information content (AvgIpc) is 2.50. The van der Waals surface area contributed by atoms with Crippen LogP contribution in [0.2, 0.25) is 0 Å². The van der Waals surface area contributed by atoms with Crippen molar-refractivity contribution in [3.8, 4) is 0 Å². The highest BCUT2D eigenvalue weighted by Gasteiger charge is 2.33. The molecule has 3 atom stereocenters. The second-order valence-electron chi connectivity index (χ2n) is 3.42. The van der Waals surface area contributed by atoms with Gasteiger partial charge in [-0.1, -0.05) is 0 Å². The molecule has 0 bridgehead atoms. The van der Waals surface area contributed by atoms with E-state index in [9.17, 15) is 0 Å². The largest absolute Gasteiger partial charge is 0.394 e. The van der Waals surface area contributed by atoms with E-state index in [1.54, 1.807) is 0 Å². The van der Waals surface area contributed by atoms with Crippen molar-refractivity contribution >= 4 is 0 Å². The molecule has 0 unspecified atom stereocenters. The molecule has 1 aliphatic heterocycles. The van der Waals surface area contributed by atoms with Crippen molar-refractivity contribution in [1.82, 2.24) is 5.32 Å². The summed E-state index contributed by atoms with van der Waals surface area (Å²) >= 11 is 0. The summed E-state index contributed by atoms with van der Waals surface area (Å²) in [5.74, 6) is 0. The van der Waals surface area contributed by atoms with E-state index in [-0.39, 0.29) is 12.7 Å². The van der Waals surface area contributed by atoms with Crippen LogP contribution in [0.1, 0.15) is 19.3 Å². The van der Waals surface area contributed by atoms with E-state index < -0.39 is 0 Å². The lowest BCUT2D eigenvalue weighted by Gasteiger charge is -2.32. The van der Waals surface area contributed by atoms with Gasteiger partial charge in [0.15, 0.2) is 0 Å². The molecule has 3 nitrogen and oxygen atoms in total. The highest BCUT2D eigenvalue weighted by atomic mass is 16.5. The first-order valence-corrected chi connectivity index (χ1v) is 4.40. The molecule has 2 fully saturated rings. The highest BCUT2D eigenvalue weighted by molar-refractivity contribution is 4.89. The van der Waals surface area contributed by atoms with Crippen LogP contribution < -0.4 is 5.32 Å². The smallest absolute Gasteiger partial charge is 0.0934 e. The zero-order valence-corrected chi connectivity index (χ0v) is 6.62. The first-order chi connectivity index (χ1) is 5.40. The van der Waals surface area contributed by atoms with Crippen molar-refractivity contribution in [1.29, 1.82) is 0 Å². The number of aliphatic hydroxyl groups is 1. The van der Waals surface area contributed by atoms with Crippen LogP contribution >= 0.6 is 0 Å². The first kappa shape index (κ1) is 7.53. The number of hydrogen-bond donors (Lipinski definition) is 2. The summed E-state index contributed by atoms with van der Waals surface area (Å²) in [7, 11) is 0. The van der Waals surface area contributed by atoms with Crippen molar-refractivity contribution in [2.75, 3.05) is 13.2 Å². The summed E-state index contributed by atoms with van der Waals surface area (Å²) in [6.45, 7) is 0.966. The van der Waals surface area contributed by atoms with Crippen LogP contribution in [0, 0.1) is 0 Å². The van der Waals surface area contributed by atoms with E-state index in [0.717, 1.165) is 13.0 Å². The Balaban J connectivity index is 1.91. The van der Waals surface area contributed by atoms with Gasteiger partial charge in [0.2, 0.25) is 0 Å². The fourth-order valence-electron chi connectivity index (χ4n) is 2.01. The molecule has 0 spiro atoms. The number of nitrogens with one attached hydrogen (secondary N) is 1. The number of morpholine rings is 1. The van der Waals surface area contributed by atoms with Crippen LogP contribution in [-0.4, -0.2) is 36.5 Å². The van der Waals surface area contributed by atoms with Gasteiger partial charge in [-0.25, -0.2) is 0 Å². The average molecular weight is 157 g/mol. The normalized spacial score (nSPS) is 43.9. The molecule has 1 saturated carbocycles. The zero-order valence-electron chi connectivity index (χ0n) is 6.62. The van der Waals surface area contributed by atoms with Crippen molar-refractivity contribution in [3.63, 3.8) is 0 Å². The Morgan fingerprint density at radius 3 is 3.18 bits per heavy atom. The summed E-state index contributed by atoms with van der Waals surface area (Å²) in [6, 6.07) is 0.567. The molecule has 0 aromatic heterocycles. The Morgan fingerprint density at radius 2 is 2.36 bits per heavy atom. The van der Waals surface area contributed by atoms with E-state index in [4.69, 9.17) is 9.84 Å². The molecule has 2 rings (SSSR count). The van der Waals surface area contributed by atoms with Crippen LogP contribution in [0.3, 0.4) is 0 Å². The predicted octanol–water partition coefficient (Wildman–Crippen LogP) is -0.112. The van der Waals surface area contributed by atoms with E-state index in [2.05, 4.69) is 5.32 Å². The molecule has 2 aliphatic rings. The van der Waals surface area contributed by atoms with Gasteiger partial charge in [0.1, 0.15) is 0 Å². The number of hydrogen-bond acceptors (Lipinski definition) is 3. The molecule has 0 aromatic carbocycles. The van der Waals surface area contributed by atoms with Gasteiger partial charge in [-0.05, 0) is 19.3 Å². The van der Waals surface area contributed by atoms with E-state index in [1.807, 2.05) is 0 Å². The number of fused-ring (bicyclic) bond motifs is 1. The predicted molar refractivity (Wildman–Crippen MR) is 41.4 cm³/mol. The lowest BCUT2D eigenvalue weighted by atomic mass is 10.1. The number of ether oxygens (including phenoxy) is 1. The summed E-state index contributed by atoms with van der Waals surface area (Å²) < 4.78 is 5.65. The molecule has 0 radical (unpaired) electrons. The van der Waals surface area contributed by atoms with Crippen LogP contribution in [0.25, 0.3) is 0 Å². The summed E-state index contributed by atoms with van der Waals surface area (Å²) in [4.78, 5) is 0. The maximum atomic E-state index is 8.85. The van der Waals surface area contributed by atoms with Gasteiger partial charge in [0.25, 0.3) is 0 Å². The van der Waals surface area contributed by atoms with E-state index in [0.29, 0.717) is 12.1 Å². The molecular weight excluding hydrogens is 142 g/mol. The minimum absolute atomic E-state index is 0.0364. The van der Waals surface area contributed by atoms with Gasteiger partial charge in [0, 0.05) is 12.6 Å². The summed E-state index contributed by atoms with van der Waals surface area (Å²) in [6.07, 6.45) is 4.08. The number of aliphatic hydroxyl groups excluding tert-OH is 1. The van der Waals surface area contributed by atoms with E-state index in [1.165, 1.54) is 12.8 Å². The van der Waals surface area contributed by atoms with Crippen LogP contribution in [0.4, 0.5) is 0 Å². The van der Waals surface area contributed by atoms with Gasteiger partial charge < -0.3 is 15.2 Å². The molecule has 3 heteroatoms. The van der Waals surface area contributed by atoms with Gasteiger partial charge in [-0.15, -0.1) is 0 Å². The van der Waals surface area contributed by atoms with Gasteiger partial charge in [-0.2, -0.15) is 0 Å². The van der Waals surface area contributed by atoms with Gasteiger partial charge in [0.05, 0.1) is 18.8 Å². The SMILES string of the molecule is OC[C@@H]1CN[C@H]2CCC[C@H]2O1.